The summed E-state index contributed by atoms with van der Waals surface area (Å²) in [6, 6.07) is 1.59. The van der Waals surface area contributed by atoms with Crippen LogP contribution >= 0.6 is 0 Å². The predicted octanol–water partition coefficient (Wildman–Crippen LogP) is 2.49. The molecule has 1 aliphatic carbocycles. The zero-order valence-electron chi connectivity index (χ0n) is 11.2. The summed E-state index contributed by atoms with van der Waals surface area (Å²) in [5.74, 6) is 1.89. The molecule has 2 fully saturated rings. The van der Waals surface area contributed by atoms with Gasteiger partial charge in [-0.05, 0) is 51.4 Å². The molecule has 0 spiro atoms. The fourth-order valence-corrected chi connectivity index (χ4v) is 3.13. The van der Waals surface area contributed by atoms with Crippen LogP contribution in [-0.4, -0.2) is 36.6 Å². The standard InChI is InChI=1S/C14H28N2/c1-11(2)16(10-13-8-15-9-13)14-6-4-12(3)5-7-14/h11-15H,4-10H2,1-3H3. The van der Waals surface area contributed by atoms with E-state index in [0.717, 1.165) is 23.9 Å². The second kappa shape index (κ2) is 5.50. The summed E-state index contributed by atoms with van der Waals surface area (Å²) in [5, 5.41) is 3.39. The van der Waals surface area contributed by atoms with Crippen molar-refractivity contribution in [2.75, 3.05) is 19.6 Å². The van der Waals surface area contributed by atoms with Crippen molar-refractivity contribution in [1.29, 1.82) is 0 Å². The lowest BCUT2D eigenvalue weighted by Gasteiger charge is -2.42. The quantitative estimate of drug-likeness (QED) is 0.789. The van der Waals surface area contributed by atoms with E-state index in [9.17, 15) is 0 Å². The molecule has 16 heavy (non-hydrogen) atoms. The third-order valence-corrected chi connectivity index (χ3v) is 4.45. The van der Waals surface area contributed by atoms with Gasteiger partial charge < -0.3 is 5.32 Å². The van der Waals surface area contributed by atoms with E-state index in [0.29, 0.717) is 0 Å². The third-order valence-electron chi connectivity index (χ3n) is 4.45. The fraction of sp³-hybridized carbons (Fsp3) is 1.00. The maximum absolute atomic E-state index is 3.39. The number of nitrogens with one attached hydrogen (secondary N) is 1. The van der Waals surface area contributed by atoms with Crippen LogP contribution in [-0.2, 0) is 0 Å². The van der Waals surface area contributed by atoms with E-state index < -0.39 is 0 Å². The molecule has 0 bridgehead atoms. The van der Waals surface area contributed by atoms with Crippen molar-refractivity contribution in [2.45, 2.75) is 58.5 Å². The molecule has 0 amide bonds. The first-order chi connectivity index (χ1) is 7.66. The molecule has 1 saturated heterocycles. The summed E-state index contributed by atoms with van der Waals surface area (Å²) in [7, 11) is 0. The lowest BCUT2D eigenvalue weighted by Crippen LogP contribution is -2.52. The van der Waals surface area contributed by atoms with Crippen molar-refractivity contribution in [1.82, 2.24) is 10.2 Å². The predicted molar refractivity (Wildman–Crippen MR) is 69.6 cm³/mol. The topological polar surface area (TPSA) is 15.3 Å². The van der Waals surface area contributed by atoms with Crippen LogP contribution in [0.5, 0.6) is 0 Å². The minimum atomic E-state index is 0.721. The first-order valence-electron chi connectivity index (χ1n) is 7.13. The van der Waals surface area contributed by atoms with Crippen LogP contribution in [0.2, 0.25) is 0 Å². The van der Waals surface area contributed by atoms with Crippen LogP contribution in [0.1, 0.15) is 46.5 Å². The number of nitrogens with zero attached hydrogens (tertiary/aromatic N) is 1. The average Bonchev–Trinajstić information content (AvgIpc) is 2.18. The zero-order valence-corrected chi connectivity index (χ0v) is 11.2. The van der Waals surface area contributed by atoms with Crippen molar-refractivity contribution in [3.63, 3.8) is 0 Å². The van der Waals surface area contributed by atoms with E-state index in [1.54, 1.807) is 0 Å². The van der Waals surface area contributed by atoms with Gasteiger partial charge in [-0.2, -0.15) is 0 Å². The lowest BCUT2D eigenvalue weighted by molar-refractivity contribution is 0.0777. The van der Waals surface area contributed by atoms with Gasteiger partial charge in [-0.25, -0.2) is 0 Å². The first kappa shape index (κ1) is 12.4. The van der Waals surface area contributed by atoms with Crippen molar-refractivity contribution in [3.8, 4) is 0 Å². The van der Waals surface area contributed by atoms with Gasteiger partial charge in [-0.3, -0.25) is 4.90 Å². The van der Waals surface area contributed by atoms with Gasteiger partial charge in [0.2, 0.25) is 0 Å². The fourth-order valence-electron chi connectivity index (χ4n) is 3.13. The van der Waals surface area contributed by atoms with Crippen LogP contribution in [0.3, 0.4) is 0 Å². The van der Waals surface area contributed by atoms with Crippen LogP contribution in [0.25, 0.3) is 0 Å². The van der Waals surface area contributed by atoms with Gasteiger partial charge >= 0.3 is 0 Å². The van der Waals surface area contributed by atoms with Crippen molar-refractivity contribution >= 4 is 0 Å². The molecule has 1 saturated carbocycles. The summed E-state index contributed by atoms with van der Waals surface area (Å²) >= 11 is 0. The molecule has 2 nitrogen and oxygen atoms in total. The van der Waals surface area contributed by atoms with Gasteiger partial charge in [0.25, 0.3) is 0 Å². The highest BCUT2D eigenvalue weighted by Gasteiger charge is 2.29. The molecule has 0 atom stereocenters. The number of hydrogen-bond donors (Lipinski definition) is 1. The minimum Gasteiger partial charge on any atom is -0.316 e. The highest BCUT2D eigenvalue weighted by molar-refractivity contribution is 4.85. The van der Waals surface area contributed by atoms with Gasteiger partial charge in [0.15, 0.2) is 0 Å². The molecule has 0 aromatic carbocycles. The normalized spacial score (nSPS) is 32.1. The molecule has 1 aliphatic heterocycles. The maximum Gasteiger partial charge on any atom is 0.00982 e. The Balaban J connectivity index is 1.85. The monoisotopic (exact) mass is 224 g/mol. The van der Waals surface area contributed by atoms with Gasteiger partial charge in [0.1, 0.15) is 0 Å². The summed E-state index contributed by atoms with van der Waals surface area (Å²) in [6.45, 7) is 10.9. The van der Waals surface area contributed by atoms with Crippen LogP contribution in [0.15, 0.2) is 0 Å². The molecule has 0 aromatic heterocycles. The van der Waals surface area contributed by atoms with Gasteiger partial charge in [-0.15, -0.1) is 0 Å². The largest absolute Gasteiger partial charge is 0.316 e. The number of rotatable bonds is 4. The third kappa shape index (κ3) is 2.98. The number of hydrogen-bond acceptors (Lipinski definition) is 2. The molecule has 2 heteroatoms. The van der Waals surface area contributed by atoms with E-state index in [-0.39, 0.29) is 0 Å². The molecule has 0 aromatic rings. The second-order valence-corrected chi connectivity index (χ2v) is 6.23. The smallest absolute Gasteiger partial charge is 0.00982 e. The first-order valence-corrected chi connectivity index (χ1v) is 7.13. The van der Waals surface area contributed by atoms with Crippen molar-refractivity contribution in [2.24, 2.45) is 11.8 Å². The highest BCUT2D eigenvalue weighted by Crippen LogP contribution is 2.29. The van der Waals surface area contributed by atoms with Crippen LogP contribution in [0.4, 0.5) is 0 Å². The van der Waals surface area contributed by atoms with Gasteiger partial charge in [0, 0.05) is 31.7 Å². The van der Waals surface area contributed by atoms with E-state index in [1.165, 1.54) is 45.3 Å². The summed E-state index contributed by atoms with van der Waals surface area (Å²) in [5.41, 5.74) is 0. The molecule has 94 valence electrons. The molecular formula is C14H28N2. The molecule has 1 heterocycles. The van der Waals surface area contributed by atoms with Gasteiger partial charge in [0.05, 0.1) is 0 Å². The van der Waals surface area contributed by atoms with Gasteiger partial charge in [-0.1, -0.05) is 6.92 Å². The van der Waals surface area contributed by atoms with Crippen molar-refractivity contribution < 1.29 is 0 Å². The van der Waals surface area contributed by atoms with E-state index >= 15 is 0 Å². The van der Waals surface area contributed by atoms with Crippen molar-refractivity contribution in [3.05, 3.63) is 0 Å². The molecular weight excluding hydrogens is 196 g/mol. The molecule has 2 rings (SSSR count). The van der Waals surface area contributed by atoms with E-state index in [1.807, 2.05) is 0 Å². The summed E-state index contributed by atoms with van der Waals surface area (Å²) in [6.07, 6.45) is 5.74. The Bertz CT molecular complexity index is 203. The Morgan fingerprint density at radius 1 is 1.12 bits per heavy atom. The van der Waals surface area contributed by atoms with Crippen LogP contribution < -0.4 is 5.32 Å². The highest BCUT2D eigenvalue weighted by atomic mass is 15.2. The van der Waals surface area contributed by atoms with E-state index in [2.05, 4.69) is 31.0 Å². The Kier molecular flexibility index (Phi) is 4.26. The van der Waals surface area contributed by atoms with Crippen LogP contribution in [0, 0.1) is 11.8 Å². The zero-order chi connectivity index (χ0) is 11.5. The summed E-state index contributed by atoms with van der Waals surface area (Å²) in [4.78, 5) is 2.78. The second-order valence-electron chi connectivity index (χ2n) is 6.23. The Labute approximate surface area is 101 Å². The SMILES string of the molecule is CC1CCC(N(CC2CNC2)C(C)C)CC1. The lowest BCUT2D eigenvalue weighted by atomic mass is 9.85. The maximum atomic E-state index is 3.39. The Hall–Kier alpha value is -0.0800. The minimum absolute atomic E-state index is 0.721. The molecule has 2 aliphatic rings. The average molecular weight is 224 g/mol. The molecule has 0 unspecified atom stereocenters. The van der Waals surface area contributed by atoms with E-state index in [4.69, 9.17) is 0 Å². The molecule has 1 N–H and O–H groups in total. The summed E-state index contributed by atoms with van der Waals surface area (Å²) < 4.78 is 0. The Morgan fingerprint density at radius 2 is 1.75 bits per heavy atom. The Morgan fingerprint density at radius 3 is 2.19 bits per heavy atom. The molecule has 0 radical (unpaired) electrons.